The lowest BCUT2D eigenvalue weighted by atomic mass is 10.1. The summed E-state index contributed by atoms with van der Waals surface area (Å²) in [5, 5.41) is 19.4. The molecule has 1 amide bonds. The lowest BCUT2D eigenvalue weighted by molar-refractivity contribution is 0.0795. The zero-order chi connectivity index (χ0) is 14.5. The normalized spacial score (nSPS) is 9.75. The van der Waals surface area contributed by atoms with Gasteiger partial charge in [-0.2, -0.15) is 10.5 Å². The molecule has 0 aliphatic heterocycles. The molecule has 0 unspecified atom stereocenters. The topological polar surface area (TPSA) is 67.9 Å². The van der Waals surface area contributed by atoms with Crippen molar-refractivity contribution < 1.29 is 4.79 Å². The Bertz CT molecular complexity index is 727. The number of amides is 1. The van der Waals surface area contributed by atoms with Crippen molar-refractivity contribution in [3.05, 3.63) is 46.4 Å². The first-order valence-electron chi connectivity index (χ1n) is 5.88. The van der Waals surface area contributed by atoms with Crippen LogP contribution < -0.4 is 0 Å². The molecule has 2 aromatic rings. The van der Waals surface area contributed by atoms with E-state index in [-0.39, 0.29) is 19.0 Å². The summed E-state index contributed by atoms with van der Waals surface area (Å²) in [5.41, 5.74) is 0.477. The molecule has 0 spiro atoms. The van der Waals surface area contributed by atoms with Gasteiger partial charge in [0.15, 0.2) is 0 Å². The van der Waals surface area contributed by atoms with Crippen LogP contribution in [-0.2, 0) is 0 Å². The van der Waals surface area contributed by atoms with Gasteiger partial charge in [-0.05, 0) is 35.0 Å². The van der Waals surface area contributed by atoms with Crippen molar-refractivity contribution in [2.45, 2.75) is 0 Å². The van der Waals surface area contributed by atoms with Gasteiger partial charge >= 0.3 is 0 Å². The monoisotopic (exact) mass is 327 g/mol. The van der Waals surface area contributed by atoms with Crippen molar-refractivity contribution in [1.29, 1.82) is 10.5 Å². The molecule has 5 heteroatoms. The van der Waals surface area contributed by atoms with Gasteiger partial charge in [0, 0.05) is 10.0 Å². The van der Waals surface area contributed by atoms with Gasteiger partial charge in [-0.3, -0.25) is 4.79 Å². The van der Waals surface area contributed by atoms with E-state index in [1.54, 1.807) is 12.1 Å². The molecule has 0 aliphatic carbocycles. The molecule has 0 saturated carbocycles. The number of nitrogens with zero attached hydrogens (tertiary/aromatic N) is 3. The summed E-state index contributed by atoms with van der Waals surface area (Å²) < 4.78 is 0.972. The Labute approximate surface area is 125 Å². The maximum absolute atomic E-state index is 12.2. The third-order valence-corrected chi connectivity index (χ3v) is 3.35. The van der Waals surface area contributed by atoms with E-state index in [0.717, 1.165) is 15.2 Å². The van der Waals surface area contributed by atoms with Crippen LogP contribution in [0.1, 0.15) is 10.4 Å². The Hall–Kier alpha value is -2.37. The lowest BCUT2D eigenvalue weighted by Crippen LogP contribution is -2.31. The van der Waals surface area contributed by atoms with Crippen LogP contribution in [0.4, 0.5) is 0 Å². The van der Waals surface area contributed by atoms with E-state index in [2.05, 4.69) is 15.9 Å². The average Bonchev–Trinajstić information content (AvgIpc) is 2.45. The zero-order valence-corrected chi connectivity index (χ0v) is 12.1. The van der Waals surface area contributed by atoms with E-state index in [1.807, 2.05) is 36.4 Å². The van der Waals surface area contributed by atoms with Crippen molar-refractivity contribution in [1.82, 2.24) is 4.90 Å². The molecule has 20 heavy (non-hydrogen) atoms. The molecular formula is C15H10BrN3O. The van der Waals surface area contributed by atoms with Gasteiger partial charge in [0.05, 0.1) is 12.1 Å². The highest BCUT2D eigenvalue weighted by atomic mass is 79.9. The minimum atomic E-state index is -0.307. The number of carbonyl (C=O) groups is 1. The predicted molar refractivity (Wildman–Crippen MR) is 78.8 cm³/mol. The molecule has 4 nitrogen and oxygen atoms in total. The maximum atomic E-state index is 12.2. The van der Waals surface area contributed by atoms with E-state index in [1.165, 1.54) is 4.90 Å². The van der Waals surface area contributed by atoms with Crippen LogP contribution in [0.5, 0.6) is 0 Å². The van der Waals surface area contributed by atoms with Crippen molar-refractivity contribution in [3.63, 3.8) is 0 Å². The fourth-order valence-corrected chi connectivity index (χ4v) is 2.28. The van der Waals surface area contributed by atoms with Gasteiger partial charge in [-0.15, -0.1) is 0 Å². The van der Waals surface area contributed by atoms with Gasteiger partial charge in [-0.1, -0.05) is 28.1 Å². The smallest absolute Gasteiger partial charge is 0.255 e. The van der Waals surface area contributed by atoms with Crippen LogP contribution in [0.2, 0.25) is 0 Å². The van der Waals surface area contributed by atoms with Gasteiger partial charge in [0.25, 0.3) is 5.91 Å². The molecule has 0 N–H and O–H groups in total. The molecule has 0 radical (unpaired) electrons. The first-order valence-corrected chi connectivity index (χ1v) is 6.67. The molecule has 2 rings (SSSR count). The van der Waals surface area contributed by atoms with Crippen LogP contribution in [0.3, 0.4) is 0 Å². The largest absolute Gasteiger partial charge is 0.312 e. The molecule has 0 saturated heterocycles. The second kappa shape index (κ2) is 6.18. The highest BCUT2D eigenvalue weighted by Crippen LogP contribution is 2.21. The Morgan fingerprint density at radius 2 is 1.65 bits per heavy atom. The Balaban J connectivity index is 2.37. The second-order valence-corrected chi connectivity index (χ2v) is 5.10. The zero-order valence-electron chi connectivity index (χ0n) is 10.5. The molecule has 0 bridgehead atoms. The SMILES string of the molecule is N#CCN(CC#N)C(=O)c1ccc2cc(Br)ccc2c1. The van der Waals surface area contributed by atoms with Gasteiger partial charge in [0.2, 0.25) is 0 Å². The molecule has 0 fully saturated rings. The summed E-state index contributed by atoms with van der Waals surface area (Å²) in [4.78, 5) is 13.5. The number of rotatable bonds is 3. The van der Waals surface area contributed by atoms with Crippen LogP contribution >= 0.6 is 15.9 Å². The lowest BCUT2D eigenvalue weighted by Gasteiger charge is -2.16. The average molecular weight is 328 g/mol. The summed E-state index contributed by atoms with van der Waals surface area (Å²) in [6, 6.07) is 14.9. The van der Waals surface area contributed by atoms with Crippen molar-refractivity contribution >= 4 is 32.6 Å². The predicted octanol–water partition coefficient (Wildman–Crippen LogP) is 3.09. The van der Waals surface area contributed by atoms with Crippen LogP contribution in [0.15, 0.2) is 40.9 Å². The van der Waals surface area contributed by atoms with E-state index >= 15 is 0 Å². The third kappa shape index (κ3) is 2.96. The minimum Gasteiger partial charge on any atom is -0.312 e. The Kier molecular flexibility index (Phi) is 4.34. The molecule has 0 aromatic heterocycles. The number of nitriles is 2. The fourth-order valence-electron chi connectivity index (χ4n) is 1.90. The first-order chi connectivity index (χ1) is 9.65. The van der Waals surface area contributed by atoms with Gasteiger partial charge in [-0.25, -0.2) is 0 Å². The summed E-state index contributed by atoms with van der Waals surface area (Å²) in [5.74, 6) is -0.307. The number of halogens is 1. The molecule has 0 atom stereocenters. The van der Waals surface area contributed by atoms with Crippen LogP contribution in [0.25, 0.3) is 10.8 Å². The standard InChI is InChI=1S/C15H10BrN3O/c16-14-4-3-11-9-13(2-1-12(11)10-14)15(20)19(7-5-17)8-6-18/h1-4,9-10H,7-8H2. The highest BCUT2D eigenvalue weighted by Gasteiger charge is 2.15. The summed E-state index contributed by atoms with van der Waals surface area (Å²) >= 11 is 3.40. The van der Waals surface area contributed by atoms with Crippen LogP contribution in [0, 0.1) is 22.7 Å². The van der Waals surface area contributed by atoms with Crippen molar-refractivity contribution in [2.75, 3.05) is 13.1 Å². The van der Waals surface area contributed by atoms with E-state index in [4.69, 9.17) is 10.5 Å². The van der Waals surface area contributed by atoms with E-state index in [9.17, 15) is 4.79 Å². The van der Waals surface area contributed by atoms with E-state index < -0.39 is 0 Å². The van der Waals surface area contributed by atoms with Crippen molar-refractivity contribution in [3.8, 4) is 12.1 Å². The Morgan fingerprint density at radius 3 is 2.30 bits per heavy atom. The summed E-state index contributed by atoms with van der Waals surface area (Å²) in [7, 11) is 0. The summed E-state index contributed by atoms with van der Waals surface area (Å²) in [6.07, 6.45) is 0. The molecule has 2 aromatic carbocycles. The Morgan fingerprint density at radius 1 is 1.05 bits per heavy atom. The number of hydrogen-bond acceptors (Lipinski definition) is 3. The van der Waals surface area contributed by atoms with E-state index in [0.29, 0.717) is 5.56 Å². The number of fused-ring (bicyclic) bond motifs is 1. The number of hydrogen-bond donors (Lipinski definition) is 0. The molecular weight excluding hydrogens is 318 g/mol. The van der Waals surface area contributed by atoms with Crippen molar-refractivity contribution in [2.24, 2.45) is 0 Å². The molecule has 98 valence electrons. The number of benzene rings is 2. The summed E-state index contributed by atoms with van der Waals surface area (Å²) in [6.45, 7) is -0.185. The number of carbonyl (C=O) groups excluding carboxylic acids is 1. The second-order valence-electron chi connectivity index (χ2n) is 4.18. The minimum absolute atomic E-state index is 0.0925. The molecule has 0 heterocycles. The highest BCUT2D eigenvalue weighted by molar-refractivity contribution is 9.10. The quantitative estimate of drug-likeness (QED) is 0.813. The third-order valence-electron chi connectivity index (χ3n) is 2.86. The maximum Gasteiger partial charge on any atom is 0.255 e. The van der Waals surface area contributed by atoms with Gasteiger partial charge in [0.1, 0.15) is 13.1 Å². The molecule has 0 aliphatic rings. The first kappa shape index (κ1) is 14.0. The van der Waals surface area contributed by atoms with Gasteiger partial charge < -0.3 is 4.90 Å². The fraction of sp³-hybridized carbons (Fsp3) is 0.133. The van der Waals surface area contributed by atoms with Crippen LogP contribution in [-0.4, -0.2) is 23.9 Å².